The van der Waals surface area contributed by atoms with Gasteiger partial charge in [-0.3, -0.25) is 0 Å². The van der Waals surface area contributed by atoms with E-state index in [1.807, 2.05) is 0 Å². The number of allylic oxidation sites excluding steroid dienone is 1. The summed E-state index contributed by atoms with van der Waals surface area (Å²) in [5, 5.41) is 7.95. The molecular weight excluding hydrogens is 268 g/mol. The maximum atomic E-state index is 12.7. The van der Waals surface area contributed by atoms with Crippen LogP contribution in [0.15, 0.2) is 11.6 Å². The van der Waals surface area contributed by atoms with Crippen LogP contribution in [0.2, 0.25) is 0 Å². The molecule has 0 radical (unpaired) electrons. The fraction of sp³-hybridized carbons (Fsp3) is 0.571. The summed E-state index contributed by atoms with van der Waals surface area (Å²) in [7, 11) is 0. The lowest BCUT2D eigenvalue weighted by molar-refractivity contribution is -0.303. The van der Waals surface area contributed by atoms with Crippen LogP contribution >= 0.6 is 0 Å². The van der Waals surface area contributed by atoms with Gasteiger partial charge in [-0.1, -0.05) is 0 Å². The van der Waals surface area contributed by atoms with Gasteiger partial charge in [0.15, 0.2) is 0 Å². The number of carbonyl (C=O) groups is 1. The van der Waals surface area contributed by atoms with Gasteiger partial charge in [-0.25, -0.2) is 4.79 Å². The smallest absolute Gasteiger partial charge is 0.382 e. The van der Waals surface area contributed by atoms with Crippen molar-refractivity contribution in [2.75, 3.05) is 0 Å². The van der Waals surface area contributed by atoms with Crippen molar-refractivity contribution in [1.82, 2.24) is 0 Å². The first-order valence-electron chi connectivity index (χ1n) is 3.77. The first-order chi connectivity index (χ1) is 7.30. The highest BCUT2D eigenvalue weighted by Gasteiger charge is 2.91. The van der Waals surface area contributed by atoms with E-state index in [2.05, 4.69) is 0 Å². The minimum absolute atomic E-state index is 1.03. The molecule has 1 N–H and O–H groups in total. The Morgan fingerprint density at radius 1 is 0.882 bits per heavy atom. The topological polar surface area (TPSA) is 37.3 Å². The molecule has 0 saturated heterocycles. The van der Waals surface area contributed by atoms with Crippen molar-refractivity contribution in [3.63, 3.8) is 0 Å². The summed E-state index contributed by atoms with van der Waals surface area (Å²) in [4.78, 5) is 9.92. The average molecular weight is 270 g/mol. The van der Waals surface area contributed by atoms with Crippen LogP contribution in [0.5, 0.6) is 0 Å². The maximum absolute atomic E-state index is 12.7. The molecule has 0 atom stereocenters. The van der Waals surface area contributed by atoms with Crippen LogP contribution in [-0.2, 0) is 4.79 Å². The fourth-order valence-electron chi connectivity index (χ4n) is 1.23. The highest BCUT2D eigenvalue weighted by molar-refractivity contribution is 5.82. The molecule has 0 aromatic carbocycles. The largest absolute Gasteiger partial charge is 0.478 e. The van der Waals surface area contributed by atoms with Crippen LogP contribution < -0.4 is 0 Å². The van der Waals surface area contributed by atoms with Crippen molar-refractivity contribution >= 4 is 5.97 Å². The Kier molecular flexibility index (Phi) is 2.50. The maximum Gasteiger partial charge on any atom is 0.382 e. The second kappa shape index (κ2) is 3.10. The zero-order valence-corrected chi connectivity index (χ0v) is 7.46. The van der Waals surface area contributed by atoms with E-state index in [9.17, 15) is 39.9 Å². The number of carboxylic acid groups (broad SMARTS) is 1. The predicted molar refractivity (Wildman–Crippen MR) is 35.5 cm³/mol. The van der Waals surface area contributed by atoms with Crippen molar-refractivity contribution in [3.8, 4) is 0 Å². The third-order valence-electron chi connectivity index (χ3n) is 2.13. The third kappa shape index (κ3) is 1.35. The molecule has 2 nitrogen and oxygen atoms in total. The van der Waals surface area contributed by atoms with Gasteiger partial charge in [0.2, 0.25) is 0 Å². The minimum Gasteiger partial charge on any atom is -0.478 e. The zero-order chi connectivity index (χ0) is 13.9. The summed E-state index contributed by atoms with van der Waals surface area (Å²) < 4.78 is 101. The molecule has 0 aromatic heterocycles. The highest BCUT2D eigenvalue weighted by Crippen LogP contribution is 2.65. The summed E-state index contributed by atoms with van der Waals surface area (Å²) in [6.45, 7) is 0. The molecule has 17 heavy (non-hydrogen) atoms. The normalized spacial score (nSPS) is 27.9. The molecule has 0 amide bonds. The van der Waals surface area contributed by atoms with Crippen LogP contribution in [-0.4, -0.2) is 34.8 Å². The molecule has 10 heteroatoms. The number of hydrogen-bond acceptors (Lipinski definition) is 1. The van der Waals surface area contributed by atoms with E-state index in [1.54, 1.807) is 0 Å². The second-order valence-corrected chi connectivity index (χ2v) is 3.19. The van der Waals surface area contributed by atoms with Crippen LogP contribution in [0.4, 0.5) is 35.1 Å². The first-order valence-corrected chi connectivity index (χ1v) is 3.77. The van der Waals surface area contributed by atoms with Gasteiger partial charge in [0.1, 0.15) is 0 Å². The summed E-state index contributed by atoms with van der Waals surface area (Å²) in [6.07, 6.45) is -1.03. The summed E-state index contributed by atoms with van der Waals surface area (Å²) in [6, 6.07) is 0. The van der Waals surface area contributed by atoms with Gasteiger partial charge in [-0.15, -0.1) is 0 Å². The highest BCUT2D eigenvalue weighted by atomic mass is 19.4. The minimum atomic E-state index is -6.37. The van der Waals surface area contributed by atoms with Gasteiger partial charge in [0, 0.05) is 6.08 Å². The number of aliphatic carboxylic acids is 1. The van der Waals surface area contributed by atoms with Crippen molar-refractivity contribution in [2.24, 2.45) is 0 Å². The van der Waals surface area contributed by atoms with Crippen molar-refractivity contribution in [3.05, 3.63) is 11.6 Å². The molecule has 98 valence electrons. The third-order valence-corrected chi connectivity index (χ3v) is 2.13. The van der Waals surface area contributed by atoms with Gasteiger partial charge in [0.05, 0.1) is 5.57 Å². The van der Waals surface area contributed by atoms with Gasteiger partial charge in [-0.05, 0) is 0 Å². The predicted octanol–water partition coefficient (Wildman–Crippen LogP) is 2.55. The number of halogens is 8. The van der Waals surface area contributed by atoms with Gasteiger partial charge in [0.25, 0.3) is 0 Å². The molecule has 1 saturated carbocycles. The van der Waals surface area contributed by atoms with Gasteiger partial charge >= 0.3 is 29.7 Å². The molecule has 0 bridgehead atoms. The Bertz CT molecular complexity index is 369. The van der Waals surface area contributed by atoms with Gasteiger partial charge in [-0.2, -0.15) is 35.1 Å². The Balaban J connectivity index is 3.59. The zero-order valence-electron chi connectivity index (χ0n) is 7.46. The number of hydrogen-bond donors (Lipinski definition) is 1. The quantitative estimate of drug-likeness (QED) is 0.587. The SMILES string of the molecule is O=C(O)C=C1C(F)(F)C(F)(F)C(F)(F)C1(F)F. The van der Waals surface area contributed by atoms with E-state index in [0.29, 0.717) is 0 Å². The Labute approximate surface area is 87.5 Å². The fourth-order valence-corrected chi connectivity index (χ4v) is 1.23. The van der Waals surface area contributed by atoms with E-state index in [4.69, 9.17) is 5.11 Å². The van der Waals surface area contributed by atoms with Crippen LogP contribution in [0, 0.1) is 0 Å². The van der Waals surface area contributed by atoms with Crippen LogP contribution in [0.25, 0.3) is 0 Å². The lowest BCUT2D eigenvalue weighted by atomic mass is 10.1. The molecule has 0 unspecified atom stereocenters. The molecular formula is C7H2F8O2. The van der Waals surface area contributed by atoms with E-state index < -0.39 is 41.3 Å². The van der Waals surface area contributed by atoms with E-state index in [0.717, 1.165) is 0 Å². The monoisotopic (exact) mass is 270 g/mol. The Morgan fingerprint density at radius 3 is 1.41 bits per heavy atom. The lowest BCUT2D eigenvalue weighted by Crippen LogP contribution is -2.51. The number of rotatable bonds is 1. The average Bonchev–Trinajstić information content (AvgIpc) is 2.16. The molecule has 0 heterocycles. The van der Waals surface area contributed by atoms with Crippen LogP contribution in [0.1, 0.15) is 0 Å². The Morgan fingerprint density at radius 2 is 1.18 bits per heavy atom. The first kappa shape index (κ1) is 13.7. The second-order valence-electron chi connectivity index (χ2n) is 3.19. The van der Waals surface area contributed by atoms with Crippen molar-refractivity contribution in [2.45, 2.75) is 23.7 Å². The molecule has 1 aliphatic carbocycles. The molecule has 0 aliphatic heterocycles. The lowest BCUT2D eigenvalue weighted by Gasteiger charge is -2.23. The number of alkyl halides is 8. The summed E-state index contributed by atoms with van der Waals surface area (Å²) in [5.74, 6) is -27.1. The van der Waals surface area contributed by atoms with Crippen molar-refractivity contribution in [1.29, 1.82) is 0 Å². The van der Waals surface area contributed by atoms with E-state index in [1.165, 1.54) is 0 Å². The van der Waals surface area contributed by atoms with E-state index in [-0.39, 0.29) is 0 Å². The number of carboxylic acids is 1. The standard InChI is InChI=1S/C7H2F8O2/c8-4(9)2(1-3(16)17)5(10,11)7(14,15)6(4,12)13/h1H,(H,16,17). The molecule has 0 aromatic rings. The summed E-state index contributed by atoms with van der Waals surface area (Å²) >= 11 is 0. The molecule has 1 fully saturated rings. The van der Waals surface area contributed by atoms with E-state index >= 15 is 0 Å². The van der Waals surface area contributed by atoms with Gasteiger partial charge < -0.3 is 5.11 Å². The molecule has 1 aliphatic rings. The molecule has 0 spiro atoms. The van der Waals surface area contributed by atoms with Crippen molar-refractivity contribution < 1.29 is 45.0 Å². The Hall–Kier alpha value is -1.35. The molecule has 1 rings (SSSR count). The van der Waals surface area contributed by atoms with Crippen LogP contribution in [0.3, 0.4) is 0 Å². The summed E-state index contributed by atoms with van der Waals surface area (Å²) in [5.41, 5.74) is -3.12.